The number of hydrazine groups is 2. The molecule has 1 atom stereocenters. The molecule has 0 saturated heterocycles. The molecule has 0 saturated carbocycles. The van der Waals surface area contributed by atoms with Crippen LogP contribution < -0.4 is 21.5 Å². The Kier molecular flexibility index (Phi) is 9.12. The van der Waals surface area contributed by atoms with Crippen LogP contribution in [0.4, 0.5) is 20.2 Å². The van der Waals surface area contributed by atoms with Crippen LogP contribution in [0.5, 0.6) is 0 Å². The molecule has 47 heavy (non-hydrogen) atoms. The van der Waals surface area contributed by atoms with Crippen LogP contribution in [0.15, 0.2) is 101 Å². The van der Waals surface area contributed by atoms with Gasteiger partial charge in [0.15, 0.2) is 5.82 Å². The fourth-order valence-corrected chi connectivity index (χ4v) is 6.55. The third-order valence-corrected chi connectivity index (χ3v) is 9.31. The van der Waals surface area contributed by atoms with Crippen LogP contribution in [-0.4, -0.2) is 35.8 Å². The fourth-order valence-electron chi connectivity index (χ4n) is 5.32. The number of nitrogens with zero attached hydrogens (tertiary/aromatic N) is 4. The first-order valence-electron chi connectivity index (χ1n) is 14.8. The van der Waals surface area contributed by atoms with Gasteiger partial charge in [-0.1, -0.05) is 54.6 Å². The number of sulfone groups is 1. The van der Waals surface area contributed by atoms with E-state index in [-0.39, 0.29) is 36.6 Å². The van der Waals surface area contributed by atoms with E-state index < -0.39 is 38.3 Å². The zero-order valence-corrected chi connectivity index (χ0v) is 26.5. The Morgan fingerprint density at radius 2 is 1.70 bits per heavy atom. The molecule has 1 aliphatic rings. The molecule has 1 aliphatic heterocycles. The van der Waals surface area contributed by atoms with Crippen LogP contribution in [0.25, 0.3) is 11.3 Å². The molecule has 3 heterocycles. The van der Waals surface area contributed by atoms with Crippen molar-refractivity contribution in [1.82, 2.24) is 20.1 Å². The van der Waals surface area contributed by atoms with Crippen molar-refractivity contribution in [2.24, 2.45) is 0 Å². The van der Waals surface area contributed by atoms with Gasteiger partial charge in [-0.05, 0) is 54.8 Å². The molecular formula is C34H32F2N6O4S. The number of aryl methyl sites for hydroxylation is 1. The van der Waals surface area contributed by atoms with E-state index in [4.69, 9.17) is 4.74 Å². The number of anilines is 2. The Morgan fingerprint density at radius 1 is 0.936 bits per heavy atom. The van der Waals surface area contributed by atoms with Gasteiger partial charge in [0.05, 0.1) is 42.1 Å². The molecule has 0 spiro atoms. The third kappa shape index (κ3) is 7.22. The number of hydrogen-bond donors (Lipinski definition) is 2. The van der Waals surface area contributed by atoms with Gasteiger partial charge in [-0.3, -0.25) is 9.80 Å². The van der Waals surface area contributed by atoms with Crippen LogP contribution in [0, 0.1) is 18.6 Å². The molecule has 0 radical (unpaired) electrons. The minimum atomic E-state index is -4.05. The average molecular weight is 659 g/mol. The maximum absolute atomic E-state index is 15.0. The van der Waals surface area contributed by atoms with Gasteiger partial charge in [0.2, 0.25) is 15.0 Å². The lowest BCUT2D eigenvalue weighted by atomic mass is 10.1. The van der Waals surface area contributed by atoms with Gasteiger partial charge in [0.25, 0.3) is 5.56 Å². The average Bonchev–Trinajstić information content (AvgIpc) is 3.43. The first-order valence-corrected chi connectivity index (χ1v) is 16.5. The first-order chi connectivity index (χ1) is 22.6. The topological polar surface area (TPSA) is 118 Å². The van der Waals surface area contributed by atoms with Gasteiger partial charge >= 0.3 is 0 Å². The van der Waals surface area contributed by atoms with Gasteiger partial charge in [0.1, 0.15) is 5.82 Å². The van der Waals surface area contributed by atoms with Crippen molar-refractivity contribution in [3.63, 3.8) is 0 Å². The summed E-state index contributed by atoms with van der Waals surface area (Å²) in [6.07, 6.45) is 0.852. The maximum atomic E-state index is 15.0. The Hall–Kier alpha value is -4.98. The second kappa shape index (κ2) is 13.4. The van der Waals surface area contributed by atoms with Crippen LogP contribution >= 0.6 is 0 Å². The quantitative estimate of drug-likeness (QED) is 0.181. The summed E-state index contributed by atoms with van der Waals surface area (Å²) < 4.78 is 63.7. The van der Waals surface area contributed by atoms with Crippen molar-refractivity contribution in [2.75, 3.05) is 23.2 Å². The highest BCUT2D eigenvalue weighted by Gasteiger charge is 2.24. The number of hydrogen-bond acceptors (Lipinski definition) is 9. The number of rotatable bonds is 11. The summed E-state index contributed by atoms with van der Waals surface area (Å²) in [7, 11) is -2.22. The highest BCUT2D eigenvalue weighted by atomic mass is 32.2. The molecule has 242 valence electrons. The molecule has 0 fully saturated rings. The van der Waals surface area contributed by atoms with Gasteiger partial charge in [-0.25, -0.2) is 27.2 Å². The van der Waals surface area contributed by atoms with Crippen LogP contribution in [0.2, 0.25) is 0 Å². The lowest BCUT2D eigenvalue weighted by molar-refractivity contribution is 0.0361. The predicted octanol–water partition coefficient (Wildman–Crippen LogP) is 5.34. The second-order valence-electron chi connectivity index (χ2n) is 11.2. The predicted molar refractivity (Wildman–Crippen MR) is 174 cm³/mol. The summed E-state index contributed by atoms with van der Waals surface area (Å²) in [6, 6.07) is 23.5. The lowest BCUT2D eigenvalue weighted by Crippen LogP contribution is -2.31. The van der Waals surface area contributed by atoms with Crippen LogP contribution in [-0.2, 0) is 27.7 Å². The van der Waals surface area contributed by atoms with E-state index in [1.807, 2.05) is 55.6 Å². The Labute approximate surface area is 270 Å². The Bertz CT molecular complexity index is 2090. The van der Waals surface area contributed by atoms with E-state index in [1.54, 1.807) is 30.1 Å². The smallest absolute Gasteiger partial charge is 0.286 e. The summed E-state index contributed by atoms with van der Waals surface area (Å²) in [5.74, 6) is -1.77. The van der Waals surface area contributed by atoms with Gasteiger partial charge in [-0.2, -0.15) is 0 Å². The fraction of sp³-hybridized carbons (Fsp3) is 0.206. The number of fused-ring (bicyclic) bond motifs is 1. The van der Waals surface area contributed by atoms with Crippen molar-refractivity contribution < 1.29 is 21.9 Å². The minimum Gasteiger partial charge on any atom is -0.369 e. The molecule has 2 aromatic heterocycles. The SMILES string of the molecule is Cc1cc(-c2cc(F)c(=O)n(Cc3ccc4c(c3)N(C)NN4)c2)nc(S(=O)(=O)CCC(OCc2ccccc2F)c2ccccc2)n1. The van der Waals surface area contributed by atoms with E-state index in [1.165, 1.54) is 22.9 Å². The van der Waals surface area contributed by atoms with Gasteiger partial charge in [-0.15, -0.1) is 5.53 Å². The van der Waals surface area contributed by atoms with Crippen LogP contribution in [0.1, 0.15) is 34.9 Å². The number of halogens is 2. The van der Waals surface area contributed by atoms with E-state index in [9.17, 15) is 22.0 Å². The van der Waals surface area contributed by atoms with E-state index in [0.717, 1.165) is 28.6 Å². The van der Waals surface area contributed by atoms with Crippen molar-refractivity contribution in [1.29, 1.82) is 0 Å². The lowest BCUT2D eigenvalue weighted by Gasteiger charge is -2.19. The molecule has 0 amide bonds. The molecule has 0 bridgehead atoms. The Balaban J connectivity index is 1.25. The van der Waals surface area contributed by atoms with Gasteiger partial charge < -0.3 is 14.7 Å². The molecule has 3 aromatic carbocycles. The van der Waals surface area contributed by atoms with Gasteiger partial charge in [0, 0.05) is 30.1 Å². The molecule has 2 N–H and O–H groups in total. The molecule has 6 rings (SSSR count). The second-order valence-corrected chi connectivity index (χ2v) is 13.2. The third-order valence-electron chi connectivity index (χ3n) is 7.80. The van der Waals surface area contributed by atoms with Crippen molar-refractivity contribution in [3.8, 4) is 11.3 Å². The normalized spacial score (nSPS) is 13.3. The number of pyridine rings is 1. The summed E-state index contributed by atoms with van der Waals surface area (Å²) >= 11 is 0. The molecule has 13 heteroatoms. The number of ether oxygens (including phenoxy) is 1. The molecule has 0 aliphatic carbocycles. The monoisotopic (exact) mass is 658 g/mol. The summed E-state index contributed by atoms with van der Waals surface area (Å²) in [4.78, 5) is 21.3. The minimum absolute atomic E-state index is 0.0470. The zero-order valence-electron chi connectivity index (χ0n) is 25.7. The summed E-state index contributed by atoms with van der Waals surface area (Å²) in [5, 5.41) is 1.36. The number of aromatic nitrogens is 3. The first kappa shape index (κ1) is 32.0. The van der Waals surface area contributed by atoms with E-state index >= 15 is 0 Å². The largest absolute Gasteiger partial charge is 0.369 e. The number of nitrogens with one attached hydrogen (secondary N) is 2. The highest BCUT2D eigenvalue weighted by Crippen LogP contribution is 2.30. The van der Waals surface area contributed by atoms with Crippen molar-refractivity contribution in [3.05, 3.63) is 135 Å². The zero-order chi connectivity index (χ0) is 33.1. The molecular weight excluding hydrogens is 626 g/mol. The van der Waals surface area contributed by atoms with Crippen molar-refractivity contribution >= 4 is 21.2 Å². The van der Waals surface area contributed by atoms with E-state index in [2.05, 4.69) is 20.9 Å². The Morgan fingerprint density at radius 3 is 2.49 bits per heavy atom. The summed E-state index contributed by atoms with van der Waals surface area (Å²) in [5.41, 5.74) is 9.46. The summed E-state index contributed by atoms with van der Waals surface area (Å²) in [6.45, 7) is 1.65. The molecule has 1 unspecified atom stereocenters. The molecule has 5 aromatic rings. The maximum Gasteiger partial charge on any atom is 0.286 e. The standard InChI is InChI=1S/C34H32F2N6O4S/c1-22-16-30(26-18-28(36)33(43)42(20-26)19-23-12-13-29-31(17-23)41(2)40-39-29)38-34(37-22)47(44,45)15-14-32(24-8-4-3-5-9-24)46-21-25-10-6-7-11-27(25)35/h3-13,16-18,20,32,39-40H,14-15,19,21H2,1-2H3. The highest BCUT2D eigenvalue weighted by molar-refractivity contribution is 7.91. The molecule has 10 nitrogen and oxygen atoms in total. The van der Waals surface area contributed by atoms with Crippen molar-refractivity contribution in [2.45, 2.75) is 37.8 Å². The van der Waals surface area contributed by atoms with Crippen LogP contribution in [0.3, 0.4) is 0 Å². The number of benzene rings is 3. The van der Waals surface area contributed by atoms with E-state index in [0.29, 0.717) is 11.3 Å².